The van der Waals surface area contributed by atoms with Crippen LogP contribution in [0.15, 0.2) is 6.20 Å². The largest absolute Gasteiger partial charge is 0.240 e. The normalized spacial score (nSPS) is 12.3. The van der Waals surface area contributed by atoms with Crippen molar-refractivity contribution in [1.29, 1.82) is 0 Å². The molecule has 0 aromatic carbocycles. The van der Waals surface area contributed by atoms with Gasteiger partial charge >= 0.3 is 0 Å². The molecular weight excluding hydrogens is 216 g/mol. The van der Waals surface area contributed by atoms with E-state index < -0.39 is 0 Å². The number of hydrogen-bond acceptors (Lipinski definition) is 3. The molecule has 0 aliphatic rings. The lowest BCUT2D eigenvalue weighted by molar-refractivity contribution is 0.601. The van der Waals surface area contributed by atoms with E-state index in [1.807, 2.05) is 17.5 Å². The van der Waals surface area contributed by atoms with Gasteiger partial charge in [0.05, 0.1) is 10.2 Å². The fourth-order valence-corrected chi connectivity index (χ4v) is 3.11. The number of nitrogens with zero attached hydrogens (tertiary/aromatic N) is 2. The van der Waals surface area contributed by atoms with E-state index in [2.05, 4.69) is 44.6 Å². The minimum absolute atomic E-state index is 0.196. The maximum atomic E-state index is 4.63. The van der Waals surface area contributed by atoms with Gasteiger partial charge in [0.15, 0.2) is 0 Å². The highest BCUT2D eigenvalue weighted by atomic mass is 32.1. The van der Waals surface area contributed by atoms with Gasteiger partial charge in [-0.3, -0.25) is 0 Å². The van der Waals surface area contributed by atoms with Crippen LogP contribution in [0.5, 0.6) is 0 Å². The van der Waals surface area contributed by atoms with Crippen molar-refractivity contribution in [3.63, 3.8) is 0 Å². The van der Waals surface area contributed by atoms with E-state index in [1.54, 1.807) is 0 Å². The van der Waals surface area contributed by atoms with Gasteiger partial charge in [0, 0.05) is 17.5 Å². The van der Waals surface area contributed by atoms with Crippen molar-refractivity contribution in [2.45, 2.75) is 46.5 Å². The van der Waals surface area contributed by atoms with Crippen molar-refractivity contribution in [1.82, 2.24) is 9.97 Å². The first-order chi connectivity index (χ1) is 7.43. The van der Waals surface area contributed by atoms with Crippen LogP contribution in [-0.4, -0.2) is 9.97 Å². The van der Waals surface area contributed by atoms with Crippen molar-refractivity contribution < 1.29 is 0 Å². The molecule has 0 saturated heterocycles. The van der Waals surface area contributed by atoms with E-state index in [0.717, 1.165) is 17.8 Å². The summed E-state index contributed by atoms with van der Waals surface area (Å²) in [5.74, 6) is 0.939. The first kappa shape index (κ1) is 11.5. The number of aryl methyl sites for hydroxylation is 2. The van der Waals surface area contributed by atoms with Gasteiger partial charge in [-0.25, -0.2) is 9.97 Å². The van der Waals surface area contributed by atoms with Crippen LogP contribution in [0.25, 0.3) is 10.2 Å². The summed E-state index contributed by atoms with van der Waals surface area (Å²) >= 11 is 1.83. The minimum Gasteiger partial charge on any atom is -0.240 e. The summed E-state index contributed by atoms with van der Waals surface area (Å²) in [6, 6.07) is 0. The van der Waals surface area contributed by atoms with E-state index in [1.165, 1.54) is 15.1 Å². The number of rotatable bonds is 1. The van der Waals surface area contributed by atoms with E-state index in [0.29, 0.717) is 0 Å². The third kappa shape index (κ3) is 1.84. The Morgan fingerprint density at radius 3 is 2.56 bits per heavy atom. The van der Waals surface area contributed by atoms with Crippen molar-refractivity contribution in [3.8, 4) is 0 Å². The minimum atomic E-state index is 0.196. The van der Waals surface area contributed by atoms with Crippen LogP contribution in [0.1, 0.15) is 44.0 Å². The summed E-state index contributed by atoms with van der Waals surface area (Å²) in [7, 11) is 0. The van der Waals surface area contributed by atoms with Crippen molar-refractivity contribution in [2.24, 2.45) is 0 Å². The molecule has 2 aromatic rings. The molecule has 0 saturated carbocycles. The molecule has 0 aliphatic carbocycles. The van der Waals surface area contributed by atoms with Gasteiger partial charge in [-0.2, -0.15) is 0 Å². The summed E-state index contributed by atoms with van der Waals surface area (Å²) < 4.78 is 1.21. The predicted octanol–water partition coefficient (Wildman–Crippen LogP) is 3.86. The monoisotopic (exact) mass is 234 g/mol. The zero-order chi connectivity index (χ0) is 11.9. The Kier molecular flexibility index (Phi) is 2.74. The molecule has 0 spiro atoms. The van der Waals surface area contributed by atoms with Crippen LogP contribution in [-0.2, 0) is 11.8 Å². The van der Waals surface area contributed by atoms with Gasteiger partial charge in [-0.15, -0.1) is 11.3 Å². The standard InChI is InChI=1S/C13H18N2S/c1-6-10-14-7-9-11(15-10)8(2)12(16-9)13(3,4)5/h7H,6H2,1-5H3. The van der Waals surface area contributed by atoms with Gasteiger partial charge in [0.1, 0.15) is 5.82 Å². The number of fused-ring (bicyclic) bond motifs is 1. The lowest BCUT2D eigenvalue weighted by Gasteiger charge is -2.17. The van der Waals surface area contributed by atoms with Gasteiger partial charge in [-0.05, 0) is 17.9 Å². The van der Waals surface area contributed by atoms with Gasteiger partial charge in [0.25, 0.3) is 0 Å². The molecular formula is C13H18N2S. The van der Waals surface area contributed by atoms with Gasteiger partial charge in [0.2, 0.25) is 0 Å². The molecule has 0 radical (unpaired) electrons. The van der Waals surface area contributed by atoms with Crippen LogP contribution in [0, 0.1) is 6.92 Å². The number of hydrogen-bond donors (Lipinski definition) is 0. The molecule has 86 valence electrons. The molecule has 16 heavy (non-hydrogen) atoms. The zero-order valence-corrected chi connectivity index (χ0v) is 11.4. The van der Waals surface area contributed by atoms with Gasteiger partial charge < -0.3 is 0 Å². The first-order valence-corrected chi connectivity index (χ1v) is 6.50. The summed E-state index contributed by atoms with van der Waals surface area (Å²) in [6.07, 6.45) is 2.87. The van der Waals surface area contributed by atoms with Gasteiger partial charge in [-0.1, -0.05) is 27.7 Å². The molecule has 0 aliphatic heterocycles. The molecule has 2 nitrogen and oxygen atoms in total. The molecule has 0 fully saturated rings. The quantitative estimate of drug-likeness (QED) is 0.748. The summed E-state index contributed by atoms with van der Waals surface area (Å²) in [5.41, 5.74) is 2.66. The second kappa shape index (κ2) is 3.81. The second-order valence-electron chi connectivity index (χ2n) is 5.16. The van der Waals surface area contributed by atoms with E-state index in [9.17, 15) is 0 Å². The Hall–Kier alpha value is -0.960. The summed E-state index contributed by atoms with van der Waals surface area (Å²) in [4.78, 5) is 10.4. The van der Waals surface area contributed by atoms with Crippen LogP contribution in [0.3, 0.4) is 0 Å². The fraction of sp³-hybridized carbons (Fsp3) is 0.538. The lowest BCUT2D eigenvalue weighted by Crippen LogP contribution is -2.09. The molecule has 0 N–H and O–H groups in total. The van der Waals surface area contributed by atoms with Crippen LogP contribution >= 0.6 is 11.3 Å². The number of thiophene rings is 1. The molecule has 0 atom stereocenters. The van der Waals surface area contributed by atoms with Crippen LogP contribution < -0.4 is 0 Å². The third-order valence-corrected chi connectivity index (χ3v) is 4.35. The first-order valence-electron chi connectivity index (χ1n) is 5.69. The number of aromatic nitrogens is 2. The van der Waals surface area contributed by atoms with Crippen LogP contribution in [0.4, 0.5) is 0 Å². The van der Waals surface area contributed by atoms with Crippen molar-refractivity contribution >= 4 is 21.6 Å². The SMILES string of the molecule is CCc1ncc2sc(C(C)(C)C)c(C)c2n1. The van der Waals surface area contributed by atoms with E-state index in [4.69, 9.17) is 0 Å². The van der Waals surface area contributed by atoms with Crippen molar-refractivity contribution in [2.75, 3.05) is 0 Å². The fourth-order valence-electron chi connectivity index (χ4n) is 1.93. The maximum absolute atomic E-state index is 4.63. The van der Waals surface area contributed by atoms with E-state index in [-0.39, 0.29) is 5.41 Å². The zero-order valence-electron chi connectivity index (χ0n) is 10.6. The highest BCUT2D eigenvalue weighted by Gasteiger charge is 2.21. The summed E-state index contributed by atoms with van der Waals surface area (Å²) in [6.45, 7) is 11.0. The highest BCUT2D eigenvalue weighted by Crippen LogP contribution is 2.37. The molecule has 0 unspecified atom stereocenters. The maximum Gasteiger partial charge on any atom is 0.128 e. The Balaban J connectivity index is 2.69. The topological polar surface area (TPSA) is 25.8 Å². The predicted molar refractivity (Wildman–Crippen MR) is 70.2 cm³/mol. The highest BCUT2D eigenvalue weighted by molar-refractivity contribution is 7.19. The van der Waals surface area contributed by atoms with E-state index >= 15 is 0 Å². The molecule has 2 rings (SSSR count). The average Bonchev–Trinajstić information content (AvgIpc) is 2.55. The average molecular weight is 234 g/mol. The Bertz CT molecular complexity index is 520. The molecule has 3 heteroatoms. The molecule has 0 amide bonds. The molecule has 0 bridgehead atoms. The Morgan fingerprint density at radius 1 is 1.31 bits per heavy atom. The molecule has 2 heterocycles. The molecule has 2 aromatic heterocycles. The van der Waals surface area contributed by atoms with Crippen LogP contribution in [0.2, 0.25) is 0 Å². The van der Waals surface area contributed by atoms with Crippen molar-refractivity contribution in [3.05, 3.63) is 22.5 Å². The smallest absolute Gasteiger partial charge is 0.128 e. The lowest BCUT2D eigenvalue weighted by atomic mass is 9.92. The second-order valence-corrected chi connectivity index (χ2v) is 6.21. The Labute approximate surface area is 101 Å². The summed E-state index contributed by atoms with van der Waals surface area (Å²) in [5, 5.41) is 0. The third-order valence-electron chi connectivity index (χ3n) is 2.71. The Morgan fingerprint density at radius 2 is 2.00 bits per heavy atom.